The second-order valence-electron chi connectivity index (χ2n) is 6.89. The normalized spacial score (nSPS) is 18.0. The molecule has 3 rings (SSSR count). The van der Waals surface area contributed by atoms with Crippen molar-refractivity contribution in [3.8, 4) is 0 Å². The molecular weight excluding hydrogens is 303 g/mol. The van der Waals surface area contributed by atoms with Gasteiger partial charge < -0.3 is 10.2 Å². The SMILES string of the molecule is Cc1cc(NCCC(C)N2CCN(C)CC2)nc2ccc(F)cc12. The number of hydrogen-bond acceptors (Lipinski definition) is 4. The lowest BCUT2D eigenvalue weighted by atomic mass is 10.1. The van der Waals surface area contributed by atoms with E-state index in [1.54, 1.807) is 12.1 Å². The fourth-order valence-corrected chi connectivity index (χ4v) is 3.31. The van der Waals surface area contributed by atoms with Crippen LogP contribution in [0.25, 0.3) is 10.9 Å². The van der Waals surface area contributed by atoms with Gasteiger partial charge in [0.25, 0.3) is 0 Å². The van der Waals surface area contributed by atoms with Gasteiger partial charge in [0.15, 0.2) is 0 Å². The summed E-state index contributed by atoms with van der Waals surface area (Å²) in [5.74, 6) is 0.659. The average molecular weight is 330 g/mol. The molecule has 0 saturated carbocycles. The Morgan fingerprint density at radius 1 is 1.21 bits per heavy atom. The lowest BCUT2D eigenvalue weighted by Gasteiger charge is -2.36. The van der Waals surface area contributed by atoms with Crippen molar-refractivity contribution in [3.05, 3.63) is 35.6 Å². The number of nitrogens with zero attached hydrogens (tertiary/aromatic N) is 3. The van der Waals surface area contributed by atoms with Gasteiger partial charge in [-0.15, -0.1) is 0 Å². The summed E-state index contributed by atoms with van der Waals surface area (Å²) >= 11 is 0. The van der Waals surface area contributed by atoms with Gasteiger partial charge in [0, 0.05) is 44.2 Å². The zero-order chi connectivity index (χ0) is 17.1. The number of fused-ring (bicyclic) bond motifs is 1. The van der Waals surface area contributed by atoms with Crippen LogP contribution in [0.2, 0.25) is 0 Å². The van der Waals surface area contributed by atoms with E-state index in [4.69, 9.17) is 0 Å². The molecule has 1 atom stereocenters. The van der Waals surface area contributed by atoms with Crippen LogP contribution in [0.3, 0.4) is 0 Å². The minimum absolute atomic E-state index is 0.214. The first-order valence-electron chi connectivity index (χ1n) is 8.76. The Labute approximate surface area is 143 Å². The highest BCUT2D eigenvalue weighted by molar-refractivity contribution is 5.83. The van der Waals surface area contributed by atoms with Crippen molar-refractivity contribution in [2.24, 2.45) is 0 Å². The maximum atomic E-state index is 13.4. The van der Waals surface area contributed by atoms with Gasteiger partial charge in [0.05, 0.1) is 5.52 Å². The summed E-state index contributed by atoms with van der Waals surface area (Å²) in [7, 11) is 2.18. The lowest BCUT2D eigenvalue weighted by molar-refractivity contribution is 0.116. The summed E-state index contributed by atoms with van der Waals surface area (Å²) < 4.78 is 13.4. The molecule has 24 heavy (non-hydrogen) atoms. The van der Waals surface area contributed by atoms with E-state index in [0.29, 0.717) is 6.04 Å². The summed E-state index contributed by atoms with van der Waals surface area (Å²) in [5, 5.41) is 4.31. The Morgan fingerprint density at radius 3 is 2.71 bits per heavy atom. The molecule has 0 bridgehead atoms. The first-order valence-corrected chi connectivity index (χ1v) is 8.76. The van der Waals surface area contributed by atoms with E-state index in [0.717, 1.165) is 61.4 Å². The van der Waals surface area contributed by atoms with Gasteiger partial charge in [-0.1, -0.05) is 0 Å². The van der Waals surface area contributed by atoms with E-state index in [1.807, 2.05) is 13.0 Å². The molecule has 0 aliphatic carbocycles. The molecule has 130 valence electrons. The maximum Gasteiger partial charge on any atom is 0.126 e. The molecule has 4 nitrogen and oxygen atoms in total. The van der Waals surface area contributed by atoms with E-state index in [1.165, 1.54) is 6.07 Å². The molecule has 1 fully saturated rings. The number of halogens is 1. The molecule has 0 amide bonds. The Morgan fingerprint density at radius 2 is 1.96 bits per heavy atom. The average Bonchev–Trinajstić information content (AvgIpc) is 2.56. The van der Waals surface area contributed by atoms with Gasteiger partial charge in [0.2, 0.25) is 0 Å². The number of nitrogens with one attached hydrogen (secondary N) is 1. The minimum atomic E-state index is -0.214. The molecule has 1 aromatic carbocycles. The number of hydrogen-bond donors (Lipinski definition) is 1. The topological polar surface area (TPSA) is 31.4 Å². The van der Waals surface area contributed by atoms with Crippen LogP contribution in [-0.4, -0.2) is 60.6 Å². The number of pyridine rings is 1. The predicted octanol–water partition coefficient (Wildman–Crippen LogP) is 3.12. The Balaban J connectivity index is 1.57. The molecule has 1 aliphatic heterocycles. The number of likely N-dealkylation sites (N-methyl/N-ethyl adjacent to an activating group) is 1. The molecule has 1 aromatic heterocycles. The van der Waals surface area contributed by atoms with Crippen molar-refractivity contribution in [2.45, 2.75) is 26.3 Å². The van der Waals surface area contributed by atoms with Crippen LogP contribution >= 0.6 is 0 Å². The highest BCUT2D eigenvalue weighted by atomic mass is 19.1. The summed E-state index contributed by atoms with van der Waals surface area (Å²) in [6.07, 6.45) is 1.09. The van der Waals surface area contributed by atoms with E-state index >= 15 is 0 Å². The quantitative estimate of drug-likeness (QED) is 0.913. The predicted molar refractivity (Wildman–Crippen MR) is 98.1 cm³/mol. The number of benzene rings is 1. The van der Waals surface area contributed by atoms with Crippen molar-refractivity contribution in [1.29, 1.82) is 0 Å². The molecule has 1 saturated heterocycles. The largest absolute Gasteiger partial charge is 0.370 e. The maximum absolute atomic E-state index is 13.4. The number of aromatic nitrogens is 1. The molecule has 1 unspecified atom stereocenters. The first kappa shape index (κ1) is 17.1. The molecule has 2 heterocycles. The molecule has 1 N–H and O–H groups in total. The zero-order valence-corrected chi connectivity index (χ0v) is 14.8. The summed E-state index contributed by atoms with van der Waals surface area (Å²) in [4.78, 5) is 9.54. The molecule has 5 heteroatoms. The number of rotatable bonds is 5. The van der Waals surface area contributed by atoms with Crippen molar-refractivity contribution >= 4 is 16.7 Å². The fourth-order valence-electron chi connectivity index (χ4n) is 3.31. The van der Waals surface area contributed by atoms with Crippen LogP contribution in [0, 0.1) is 12.7 Å². The monoisotopic (exact) mass is 330 g/mol. The molecule has 0 spiro atoms. The van der Waals surface area contributed by atoms with Crippen LogP contribution in [0.4, 0.5) is 10.2 Å². The van der Waals surface area contributed by atoms with Gasteiger partial charge in [-0.3, -0.25) is 4.90 Å². The molecular formula is C19H27FN4. The first-order chi connectivity index (χ1) is 11.5. The van der Waals surface area contributed by atoms with Gasteiger partial charge in [-0.25, -0.2) is 9.37 Å². The Bertz CT molecular complexity index is 695. The van der Waals surface area contributed by atoms with E-state index in [2.05, 4.69) is 34.1 Å². The summed E-state index contributed by atoms with van der Waals surface area (Å²) in [5.41, 5.74) is 1.89. The summed E-state index contributed by atoms with van der Waals surface area (Å²) in [6, 6.07) is 7.34. The minimum Gasteiger partial charge on any atom is -0.370 e. The van der Waals surface area contributed by atoms with Gasteiger partial charge in [-0.05, 0) is 57.1 Å². The van der Waals surface area contributed by atoms with Crippen molar-refractivity contribution in [2.75, 3.05) is 45.1 Å². The van der Waals surface area contributed by atoms with Gasteiger partial charge >= 0.3 is 0 Å². The highest BCUT2D eigenvalue weighted by Crippen LogP contribution is 2.21. The number of aryl methyl sites for hydroxylation is 1. The Kier molecular flexibility index (Phi) is 5.31. The fraction of sp³-hybridized carbons (Fsp3) is 0.526. The van der Waals surface area contributed by atoms with Crippen molar-refractivity contribution in [3.63, 3.8) is 0 Å². The standard InChI is InChI=1S/C19H27FN4/c1-14-12-19(22-18-5-4-16(20)13-17(14)18)21-7-6-15(2)24-10-8-23(3)9-11-24/h4-5,12-13,15H,6-11H2,1-3H3,(H,21,22). The second-order valence-corrected chi connectivity index (χ2v) is 6.89. The Hall–Kier alpha value is -1.72. The molecule has 0 radical (unpaired) electrons. The lowest BCUT2D eigenvalue weighted by Crippen LogP contribution is -2.48. The van der Waals surface area contributed by atoms with Gasteiger partial charge in [0.1, 0.15) is 11.6 Å². The van der Waals surface area contributed by atoms with Gasteiger partial charge in [-0.2, -0.15) is 0 Å². The third-order valence-corrected chi connectivity index (χ3v) is 5.01. The van der Waals surface area contributed by atoms with Crippen LogP contribution in [0.5, 0.6) is 0 Å². The van der Waals surface area contributed by atoms with Crippen molar-refractivity contribution in [1.82, 2.24) is 14.8 Å². The summed E-state index contributed by atoms with van der Waals surface area (Å²) in [6.45, 7) is 9.80. The van der Waals surface area contributed by atoms with Crippen molar-refractivity contribution < 1.29 is 4.39 Å². The van der Waals surface area contributed by atoms with Crippen LogP contribution in [0.1, 0.15) is 18.9 Å². The molecule has 2 aromatic rings. The zero-order valence-electron chi connectivity index (χ0n) is 14.8. The molecule has 1 aliphatic rings. The van der Waals surface area contributed by atoms with Crippen LogP contribution < -0.4 is 5.32 Å². The number of piperazine rings is 1. The highest BCUT2D eigenvalue weighted by Gasteiger charge is 2.18. The van der Waals surface area contributed by atoms with E-state index < -0.39 is 0 Å². The van der Waals surface area contributed by atoms with Crippen LogP contribution in [0.15, 0.2) is 24.3 Å². The smallest absolute Gasteiger partial charge is 0.126 e. The van der Waals surface area contributed by atoms with E-state index in [-0.39, 0.29) is 5.82 Å². The van der Waals surface area contributed by atoms with E-state index in [9.17, 15) is 4.39 Å². The third-order valence-electron chi connectivity index (χ3n) is 5.01. The third kappa shape index (κ3) is 4.02. The second kappa shape index (κ2) is 7.45. The number of anilines is 1. The van der Waals surface area contributed by atoms with Crippen LogP contribution in [-0.2, 0) is 0 Å².